The molecule has 0 aliphatic rings. The molecule has 0 aliphatic heterocycles. The van der Waals surface area contributed by atoms with Crippen LogP contribution in [0.15, 0.2) is 24.3 Å². The standard InChI is InChI=1S/C14H21FN2O/c1-4-10(2)13(16)14(18)17(3)9-11-5-7-12(15)8-6-11/h5-8,10,13H,4,9,16H2,1-3H3/t10?,13-/m0/s1. The molecular formula is C14H21FN2O. The summed E-state index contributed by atoms with van der Waals surface area (Å²) in [5, 5.41) is 0. The summed E-state index contributed by atoms with van der Waals surface area (Å²) >= 11 is 0. The molecular weight excluding hydrogens is 231 g/mol. The number of carbonyl (C=O) groups is 1. The van der Waals surface area contributed by atoms with Crippen molar-refractivity contribution >= 4 is 5.91 Å². The molecule has 100 valence electrons. The summed E-state index contributed by atoms with van der Waals surface area (Å²) in [6.07, 6.45) is 0.872. The monoisotopic (exact) mass is 252 g/mol. The van der Waals surface area contributed by atoms with Gasteiger partial charge < -0.3 is 10.6 Å². The third-order valence-corrected chi connectivity index (χ3v) is 3.25. The Bertz CT molecular complexity index is 391. The molecule has 1 unspecified atom stereocenters. The summed E-state index contributed by atoms with van der Waals surface area (Å²) in [6.45, 7) is 4.43. The van der Waals surface area contributed by atoms with Crippen molar-refractivity contribution < 1.29 is 9.18 Å². The van der Waals surface area contributed by atoms with E-state index in [1.165, 1.54) is 12.1 Å². The average Bonchev–Trinajstić information content (AvgIpc) is 2.38. The van der Waals surface area contributed by atoms with Crippen molar-refractivity contribution in [2.45, 2.75) is 32.9 Å². The van der Waals surface area contributed by atoms with E-state index in [9.17, 15) is 9.18 Å². The predicted molar refractivity (Wildman–Crippen MR) is 70.3 cm³/mol. The van der Waals surface area contributed by atoms with E-state index in [1.54, 1.807) is 24.1 Å². The molecule has 0 aliphatic carbocycles. The number of benzene rings is 1. The van der Waals surface area contributed by atoms with Gasteiger partial charge in [-0.05, 0) is 23.6 Å². The molecule has 1 aromatic carbocycles. The molecule has 0 fully saturated rings. The van der Waals surface area contributed by atoms with Crippen LogP contribution >= 0.6 is 0 Å². The Morgan fingerprint density at radius 1 is 1.39 bits per heavy atom. The van der Waals surface area contributed by atoms with E-state index in [1.807, 2.05) is 13.8 Å². The summed E-state index contributed by atoms with van der Waals surface area (Å²) in [7, 11) is 1.72. The zero-order chi connectivity index (χ0) is 13.7. The topological polar surface area (TPSA) is 46.3 Å². The number of nitrogens with two attached hydrogens (primary N) is 1. The smallest absolute Gasteiger partial charge is 0.239 e. The quantitative estimate of drug-likeness (QED) is 0.873. The number of nitrogens with zero attached hydrogens (tertiary/aromatic N) is 1. The van der Waals surface area contributed by atoms with Gasteiger partial charge >= 0.3 is 0 Å². The van der Waals surface area contributed by atoms with Crippen molar-refractivity contribution in [2.75, 3.05) is 7.05 Å². The number of carbonyl (C=O) groups excluding carboxylic acids is 1. The van der Waals surface area contributed by atoms with Crippen LogP contribution in [0.4, 0.5) is 4.39 Å². The maximum Gasteiger partial charge on any atom is 0.239 e. The second-order valence-corrected chi connectivity index (χ2v) is 4.73. The van der Waals surface area contributed by atoms with E-state index >= 15 is 0 Å². The lowest BCUT2D eigenvalue weighted by atomic mass is 9.99. The van der Waals surface area contributed by atoms with Gasteiger partial charge in [0.1, 0.15) is 5.82 Å². The SMILES string of the molecule is CCC(C)[C@H](N)C(=O)N(C)Cc1ccc(F)cc1. The summed E-state index contributed by atoms with van der Waals surface area (Å²) < 4.78 is 12.8. The zero-order valence-corrected chi connectivity index (χ0v) is 11.2. The third-order valence-electron chi connectivity index (χ3n) is 3.25. The first-order valence-corrected chi connectivity index (χ1v) is 6.20. The number of likely N-dealkylation sites (N-methyl/N-ethyl adjacent to an activating group) is 1. The minimum atomic E-state index is -0.472. The third kappa shape index (κ3) is 3.81. The number of rotatable bonds is 5. The first-order chi connectivity index (χ1) is 8.45. The average molecular weight is 252 g/mol. The van der Waals surface area contributed by atoms with Crippen LogP contribution in [0.2, 0.25) is 0 Å². The van der Waals surface area contributed by atoms with Crippen molar-refractivity contribution in [3.05, 3.63) is 35.6 Å². The maximum atomic E-state index is 12.8. The Balaban J connectivity index is 2.62. The molecule has 3 nitrogen and oxygen atoms in total. The maximum absolute atomic E-state index is 12.8. The first-order valence-electron chi connectivity index (χ1n) is 6.20. The lowest BCUT2D eigenvalue weighted by Gasteiger charge is -2.24. The largest absolute Gasteiger partial charge is 0.340 e. The molecule has 0 saturated carbocycles. The Labute approximate surface area is 108 Å². The number of amides is 1. The number of hydrogen-bond donors (Lipinski definition) is 1. The van der Waals surface area contributed by atoms with Crippen molar-refractivity contribution in [2.24, 2.45) is 11.7 Å². The molecule has 0 radical (unpaired) electrons. The van der Waals surface area contributed by atoms with E-state index in [-0.39, 0.29) is 17.6 Å². The van der Waals surface area contributed by atoms with Gasteiger partial charge in [0.05, 0.1) is 6.04 Å². The molecule has 0 heterocycles. The fourth-order valence-electron chi connectivity index (χ4n) is 1.69. The van der Waals surface area contributed by atoms with Crippen molar-refractivity contribution in [1.29, 1.82) is 0 Å². The number of halogens is 1. The Hall–Kier alpha value is -1.42. The van der Waals surface area contributed by atoms with Crippen LogP contribution in [-0.2, 0) is 11.3 Å². The highest BCUT2D eigenvalue weighted by Crippen LogP contribution is 2.10. The van der Waals surface area contributed by atoms with Gasteiger partial charge in [0.2, 0.25) is 5.91 Å². The molecule has 0 saturated heterocycles. The lowest BCUT2D eigenvalue weighted by Crippen LogP contribution is -2.45. The van der Waals surface area contributed by atoms with E-state index < -0.39 is 6.04 Å². The van der Waals surface area contributed by atoms with Crippen LogP contribution in [0, 0.1) is 11.7 Å². The molecule has 0 spiro atoms. The fraction of sp³-hybridized carbons (Fsp3) is 0.500. The molecule has 1 aromatic rings. The van der Waals surface area contributed by atoms with E-state index in [2.05, 4.69) is 0 Å². The van der Waals surface area contributed by atoms with Crippen molar-refractivity contribution in [1.82, 2.24) is 4.90 Å². The van der Waals surface area contributed by atoms with Gasteiger partial charge in [-0.1, -0.05) is 32.4 Å². The Morgan fingerprint density at radius 2 is 1.94 bits per heavy atom. The molecule has 1 amide bonds. The molecule has 0 aromatic heterocycles. The first kappa shape index (κ1) is 14.6. The van der Waals surface area contributed by atoms with Gasteiger partial charge in [0, 0.05) is 13.6 Å². The second kappa shape index (κ2) is 6.50. The highest BCUT2D eigenvalue weighted by molar-refractivity contribution is 5.81. The van der Waals surface area contributed by atoms with Crippen LogP contribution in [0.3, 0.4) is 0 Å². The van der Waals surface area contributed by atoms with Gasteiger partial charge in [-0.2, -0.15) is 0 Å². The van der Waals surface area contributed by atoms with Gasteiger partial charge in [-0.3, -0.25) is 4.79 Å². The van der Waals surface area contributed by atoms with Crippen LogP contribution in [0.25, 0.3) is 0 Å². The van der Waals surface area contributed by atoms with E-state index in [4.69, 9.17) is 5.73 Å². The van der Waals surface area contributed by atoms with Crippen LogP contribution in [0.5, 0.6) is 0 Å². The molecule has 2 atom stereocenters. The predicted octanol–water partition coefficient (Wildman–Crippen LogP) is 2.16. The Kier molecular flexibility index (Phi) is 5.28. The van der Waals surface area contributed by atoms with Crippen LogP contribution in [-0.4, -0.2) is 23.9 Å². The Morgan fingerprint density at radius 3 is 2.44 bits per heavy atom. The number of hydrogen-bond acceptors (Lipinski definition) is 2. The summed E-state index contributed by atoms with van der Waals surface area (Å²) in [6, 6.07) is 5.66. The highest BCUT2D eigenvalue weighted by atomic mass is 19.1. The normalized spacial score (nSPS) is 14.1. The second-order valence-electron chi connectivity index (χ2n) is 4.73. The van der Waals surface area contributed by atoms with Gasteiger partial charge in [-0.15, -0.1) is 0 Å². The van der Waals surface area contributed by atoms with Gasteiger partial charge in [-0.25, -0.2) is 4.39 Å². The summed E-state index contributed by atoms with van der Waals surface area (Å²) in [5.41, 5.74) is 6.79. The highest BCUT2D eigenvalue weighted by Gasteiger charge is 2.22. The summed E-state index contributed by atoms with van der Waals surface area (Å²) in [5.74, 6) is -0.189. The molecule has 2 N–H and O–H groups in total. The van der Waals surface area contributed by atoms with Crippen LogP contribution < -0.4 is 5.73 Å². The van der Waals surface area contributed by atoms with Gasteiger partial charge in [0.15, 0.2) is 0 Å². The lowest BCUT2D eigenvalue weighted by molar-refractivity contribution is -0.132. The fourth-order valence-corrected chi connectivity index (χ4v) is 1.69. The zero-order valence-electron chi connectivity index (χ0n) is 11.2. The minimum Gasteiger partial charge on any atom is -0.340 e. The molecule has 4 heteroatoms. The van der Waals surface area contributed by atoms with Crippen molar-refractivity contribution in [3.8, 4) is 0 Å². The van der Waals surface area contributed by atoms with Gasteiger partial charge in [0.25, 0.3) is 0 Å². The van der Waals surface area contributed by atoms with E-state index in [0.717, 1.165) is 12.0 Å². The minimum absolute atomic E-state index is 0.0753. The van der Waals surface area contributed by atoms with E-state index in [0.29, 0.717) is 6.54 Å². The summed E-state index contributed by atoms with van der Waals surface area (Å²) in [4.78, 5) is 13.6. The van der Waals surface area contributed by atoms with Crippen LogP contribution in [0.1, 0.15) is 25.8 Å². The van der Waals surface area contributed by atoms with Crippen molar-refractivity contribution in [3.63, 3.8) is 0 Å². The molecule has 18 heavy (non-hydrogen) atoms. The molecule has 0 bridgehead atoms. The molecule has 1 rings (SSSR count).